The maximum Gasteiger partial charge on any atom is 0.414 e. The summed E-state index contributed by atoms with van der Waals surface area (Å²) in [6.07, 6.45) is -9.17. The van der Waals surface area contributed by atoms with Crippen LogP contribution in [0.4, 0.5) is 44.3 Å². The Balaban J connectivity index is 1.38. The van der Waals surface area contributed by atoms with Crippen LogP contribution < -0.4 is 5.32 Å². The lowest BCUT2D eigenvalue weighted by atomic mass is 9.74. The van der Waals surface area contributed by atoms with Gasteiger partial charge in [-0.3, -0.25) is 19.8 Å². The van der Waals surface area contributed by atoms with Crippen molar-refractivity contribution in [2.24, 2.45) is 15.8 Å². The number of ether oxygens (including phenoxy) is 2. The molecule has 1 saturated carbocycles. The van der Waals surface area contributed by atoms with Crippen molar-refractivity contribution in [1.29, 1.82) is 0 Å². The lowest BCUT2D eigenvalue weighted by molar-refractivity contribution is -0.218. The van der Waals surface area contributed by atoms with E-state index < -0.39 is 97.3 Å². The van der Waals surface area contributed by atoms with Crippen LogP contribution in [0.5, 0.6) is 0 Å². The Morgan fingerprint density at radius 1 is 0.909 bits per heavy atom. The van der Waals surface area contributed by atoms with E-state index >= 15 is 4.79 Å². The molecule has 3 heterocycles. The number of nitrogens with zero attached hydrogens (tertiary/aromatic N) is 7. The topological polar surface area (TPSA) is 146 Å². The van der Waals surface area contributed by atoms with Crippen molar-refractivity contribution in [3.8, 4) is 22.6 Å². The minimum absolute atomic E-state index is 0.00932. The first kappa shape index (κ1) is 47.5. The van der Waals surface area contributed by atoms with Crippen molar-refractivity contribution < 1.29 is 63.4 Å². The second-order valence-corrected chi connectivity index (χ2v) is 16.7. The molecule has 350 valence electrons. The largest absolute Gasteiger partial charge is 0.463 e. The molecule has 1 aliphatic heterocycles. The molecule has 7 rings (SSSR count). The molecule has 0 bridgehead atoms. The highest BCUT2D eigenvalue weighted by Crippen LogP contribution is 2.54. The number of hydrogen-bond acceptors (Lipinski definition) is 9. The molecule has 5 aromatic rings. The van der Waals surface area contributed by atoms with Crippen LogP contribution in [0.3, 0.4) is 0 Å². The fraction of sp³-hybridized carbons (Fsp3) is 0.372. The van der Waals surface area contributed by atoms with E-state index in [9.17, 15) is 49.1 Å². The second-order valence-electron chi connectivity index (χ2n) is 16.3. The summed E-state index contributed by atoms with van der Waals surface area (Å²) < 4.78 is 139. The predicted molar refractivity (Wildman–Crippen MR) is 217 cm³/mol. The van der Waals surface area contributed by atoms with Crippen molar-refractivity contribution in [2.45, 2.75) is 83.4 Å². The Morgan fingerprint density at radius 3 is 2.21 bits per heavy atom. The molecular weight excluding hydrogens is 915 g/mol. The van der Waals surface area contributed by atoms with E-state index in [0.717, 1.165) is 37.3 Å². The molecule has 1 N–H and O–H groups in total. The summed E-state index contributed by atoms with van der Waals surface area (Å²) in [6.45, 7) is -5.84. The molecule has 2 atom stereocenters. The van der Waals surface area contributed by atoms with E-state index in [4.69, 9.17) is 21.1 Å². The molecule has 0 saturated heterocycles. The number of guanidine groups is 1. The highest BCUT2D eigenvalue weighted by Gasteiger charge is 2.60. The number of alkyl halides is 9. The lowest BCUT2D eigenvalue weighted by Gasteiger charge is -2.37. The molecule has 13 nitrogen and oxygen atoms in total. The predicted octanol–water partition coefficient (Wildman–Crippen LogP) is 10.3. The number of esters is 1. The van der Waals surface area contributed by atoms with Crippen molar-refractivity contribution in [2.75, 3.05) is 6.61 Å². The van der Waals surface area contributed by atoms with Gasteiger partial charge in [0.05, 0.1) is 28.6 Å². The van der Waals surface area contributed by atoms with Gasteiger partial charge in [-0.05, 0) is 54.2 Å². The van der Waals surface area contributed by atoms with Crippen LogP contribution in [0.2, 0.25) is 5.02 Å². The number of carbonyl (C=O) groups excluding carboxylic acids is 3. The first-order valence-corrected chi connectivity index (χ1v) is 20.4. The van der Waals surface area contributed by atoms with Crippen LogP contribution in [-0.4, -0.2) is 72.6 Å². The van der Waals surface area contributed by atoms with Crippen molar-refractivity contribution in [3.63, 3.8) is 0 Å². The van der Waals surface area contributed by atoms with Gasteiger partial charge in [-0.1, -0.05) is 86.1 Å². The second kappa shape index (κ2) is 18.4. The van der Waals surface area contributed by atoms with Gasteiger partial charge in [0.2, 0.25) is 12.4 Å². The summed E-state index contributed by atoms with van der Waals surface area (Å²) in [5.74, 6) is -3.58. The number of aliphatic imine (C=N–C) groups is 1. The number of rotatable bonds is 16. The number of nitrogens with one attached hydrogen (secondary N) is 1. The summed E-state index contributed by atoms with van der Waals surface area (Å²) in [5, 5.41) is 9.52. The summed E-state index contributed by atoms with van der Waals surface area (Å²) in [4.78, 5) is 51.6. The van der Waals surface area contributed by atoms with Crippen molar-refractivity contribution in [3.05, 3.63) is 113 Å². The molecule has 0 unspecified atom stereocenters. The number of halogens is 10. The number of hydrogen-bond donors (Lipinski definition) is 1. The Bertz CT molecular complexity index is 2600. The first-order valence-electron chi connectivity index (χ1n) is 20.0. The van der Waals surface area contributed by atoms with E-state index in [1.807, 2.05) is 0 Å². The fourth-order valence-electron chi connectivity index (χ4n) is 7.44. The van der Waals surface area contributed by atoms with Gasteiger partial charge in [-0.2, -0.15) is 45.6 Å². The van der Waals surface area contributed by atoms with E-state index in [0.29, 0.717) is 10.2 Å². The number of carbonyl (C=O) groups is 3. The highest BCUT2D eigenvalue weighted by atomic mass is 35.5. The zero-order valence-electron chi connectivity index (χ0n) is 34.7. The Hall–Kier alpha value is -6.45. The Kier molecular flexibility index (Phi) is 13.3. The highest BCUT2D eigenvalue weighted by molar-refractivity contribution is 6.33. The van der Waals surface area contributed by atoms with Crippen LogP contribution in [0.15, 0.2) is 96.4 Å². The summed E-state index contributed by atoms with van der Waals surface area (Å²) in [6, 6.07) is 16.5. The molecular formula is C43H38ClF9N8O5. The molecule has 2 aliphatic rings. The minimum atomic E-state index is -4.99. The standard InChI is InChI=1S/C43H38ClF9N8O5/c1-40(2,43(51,52)53)22-42(27-11-8-25(9-12-27)30-14-17-59(58-30)36(47)48)35(63)60(38(57-42)56-39(64)66-20-24-6-4-3-5-7-24)31(21-65-32(62)19-41(15-16-41)34(45)46)26-10-13-29(44)28(18-26)33-54-23-55-61(33)37(49)50/h3-14,17-18,23,31,34,36-37H,15-16,19-22H2,1-2H3,(H,56,57,64)/t31-,42-/m1/s1. The average Bonchev–Trinajstić information content (AvgIpc) is 3.55. The monoisotopic (exact) mass is 952 g/mol. The van der Waals surface area contributed by atoms with Gasteiger partial charge in [0.15, 0.2) is 11.4 Å². The molecule has 2 aromatic heterocycles. The minimum Gasteiger partial charge on any atom is -0.463 e. The van der Waals surface area contributed by atoms with Gasteiger partial charge in [0, 0.05) is 22.7 Å². The molecule has 0 spiro atoms. The Labute approximate surface area is 374 Å². The van der Waals surface area contributed by atoms with Crippen molar-refractivity contribution >= 4 is 35.5 Å². The van der Waals surface area contributed by atoms with E-state index in [1.165, 1.54) is 42.5 Å². The molecule has 1 aliphatic carbocycles. The third kappa shape index (κ3) is 9.73. The van der Waals surface area contributed by atoms with Gasteiger partial charge < -0.3 is 9.47 Å². The molecule has 2 amide bonds. The normalized spacial score (nSPS) is 17.7. The van der Waals surface area contributed by atoms with Crippen LogP contribution in [0, 0.1) is 10.8 Å². The van der Waals surface area contributed by atoms with Crippen LogP contribution >= 0.6 is 11.6 Å². The molecule has 0 radical (unpaired) electrons. The molecule has 3 aromatic carbocycles. The van der Waals surface area contributed by atoms with E-state index in [1.54, 1.807) is 30.3 Å². The van der Waals surface area contributed by atoms with Crippen molar-refractivity contribution in [1.82, 2.24) is 34.8 Å². The maximum atomic E-state index is 15.5. The number of benzene rings is 3. The van der Waals surface area contributed by atoms with E-state index in [2.05, 4.69) is 25.5 Å². The maximum absolute atomic E-state index is 15.5. The number of alkyl carbamates (subject to hydrolysis) is 1. The summed E-state index contributed by atoms with van der Waals surface area (Å²) in [7, 11) is 0. The third-order valence-corrected chi connectivity index (χ3v) is 11.7. The molecule has 23 heteroatoms. The van der Waals surface area contributed by atoms with Crippen LogP contribution in [-0.2, 0) is 31.2 Å². The molecule has 1 fully saturated rings. The fourth-order valence-corrected chi connectivity index (χ4v) is 7.64. The van der Waals surface area contributed by atoms with Gasteiger partial charge in [-0.25, -0.2) is 28.2 Å². The van der Waals surface area contributed by atoms with Gasteiger partial charge in [0.1, 0.15) is 19.5 Å². The quantitative estimate of drug-likeness (QED) is 0.0760. The summed E-state index contributed by atoms with van der Waals surface area (Å²) >= 11 is 6.48. The van der Waals surface area contributed by atoms with Gasteiger partial charge >= 0.3 is 31.3 Å². The van der Waals surface area contributed by atoms with Gasteiger partial charge in [-0.15, -0.1) is 0 Å². The average molecular weight is 953 g/mol. The van der Waals surface area contributed by atoms with Gasteiger partial charge in [0.25, 0.3) is 5.91 Å². The number of aromatic nitrogens is 5. The van der Waals surface area contributed by atoms with Crippen LogP contribution in [0.25, 0.3) is 22.6 Å². The summed E-state index contributed by atoms with van der Waals surface area (Å²) in [5.41, 5.74) is -6.70. The SMILES string of the molecule is CC(C)(C[C@]1(c2ccc(-c3ccn(C(F)F)n3)cc2)N=C(NC(=O)OCc2ccccc2)N([C@H](COC(=O)CC2(C(F)F)CC2)c2ccc(Cl)c(-c3ncnn3C(F)F)c2)C1=O)C(F)(F)F. The zero-order valence-corrected chi connectivity index (χ0v) is 35.4. The number of amides is 2. The van der Waals surface area contributed by atoms with E-state index in [-0.39, 0.29) is 57.1 Å². The lowest BCUT2D eigenvalue weighted by Crippen LogP contribution is -2.50. The smallest absolute Gasteiger partial charge is 0.414 e. The Morgan fingerprint density at radius 2 is 1.61 bits per heavy atom. The first-order chi connectivity index (χ1) is 31.1. The third-order valence-electron chi connectivity index (χ3n) is 11.4. The van der Waals surface area contributed by atoms with Crippen LogP contribution in [0.1, 0.15) is 75.4 Å². The molecule has 66 heavy (non-hydrogen) atoms. The zero-order chi connectivity index (χ0) is 47.8.